The van der Waals surface area contributed by atoms with Crippen LogP contribution in [0.2, 0.25) is 0 Å². The minimum Gasteiger partial charge on any atom is -0.277 e. The molecule has 1 aliphatic carbocycles. The molecular formula is C12H13N. The van der Waals surface area contributed by atoms with Crippen molar-refractivity contribution < 1.29 is 0 Å². The number of rotatable bonds is 0. The zero-order valence-corrected chi connectivity index (χ0v) is 7.66. The second-order valence-corrected chi connectivity index (χ2v) is 3.93. The maximum Gasteiger partial charge on any atom is 0.0726 e. The van der Waals surface area contributed by atoms with Crippen LogP contribution in [0.25, 0.3) is 5.57 Å². The summed E-state index contributed by atoms with van der Waals surface area (Å²) in [6, 6.07) is 9.10. The molecular weight excluding hydrogens is 158 g/mol. The summed E-state index contributed by atoms with van der Waals surface area (Å²) >= 11 is 0. The average Bonchev–Trinajstić information content (AvgIpc) is 2.56. The van der Waals surface area contributed by atoms with Crippen molar-refractivity contribution in [1.29, 1.82) is 0 Å². The van der Waals surface area contributed by atoms with Crippen molar-refractivity contribution in [2.75, 3.05) is 0 Å². The normalized spacial score (nSPS) is 24.9. The standard InChI is InChI=1S/C12H13N/c1-3-7-11-9(5-1)10-6-2-4-8-12(10)13-11/h1,3,5,7,12H,2,4,6,8H2/t12-/m0/s1. The van der Waals surface area contributed by atoms with E-state index in [1.54, 1.807) is 5.57 Å². The van der Waals surface area contributed by atoms with Crippen LogP contribution in [0.15, 0.2) is 29.3 Å². The zero-order chi connectivity index (χ0) is 8.67. The van der Waals surface area contributed by atoms with Gasteiger partial charge in [-0.1, -0.05) is 24.6 Å². The van der Waals surface area contributed by atoms with Gasteiger partial charge in [0.15, 0.2) is 0 Å². The second-order valence-electron chi connectivity index (χ2n) is 3.93. The molecule has 1 saturated carbocycles. The van der Waals surface area contributed by atoms with Crippen LogP contribution in [0, 0.1) is 0 Å². The Morgan fingerprint density at radius 3 is 3.08 bits per heavy atom. The Kier molecular flexibility index (Phi) is 1.51. The van der Waals surface area contributed by atoms with Crippen LogP contribution < -0.4 is 10.6 Å². The molecule has 1 heteroatoms. The van der Waals surface area contributed by atoms with Crippen LogP contribution in [0.5, 0.6) is 0 Å². The minimum absolute atomic E-state index is 0.533. The highest BCUT2D eigenvalue weighted by Crippen LogP contribution is 2.27. The highest BCUT2D eigenvalue weighted by molar-refractivity contribution is 5.54. The van der Waals surface area contributed by atoms with E-state index in [1.165, 1.54) is 36.3 Å². The summed E-state index contributed by atoms with van der Waals surface area (Å²) in [6.07, 6.45) is 5.25. The molecule has 1 aliphatic heterocycles. The van der Waals surface area contributed by atoms with Gasteiger partial charge >= 0.3 is 0 Å². The predicted octanol–water partition coefficient (Wildman–Crippen LogP) is 1.41. The van der Waals surface area contributed by atoms with Gasteiger partial charge in [0.25, 0.3) is 0 Å². The maximum absolute atomic E-state index is 4.74. The minimum atomic E-state index is 0.533. The van der Waals surface area contributed by atoms with Gasteiger partial charge in [0.1, 0.15) is 0 Å². The lowest BCUT2D eigenvalue weighted by Gasteiger charge is -2.18. The highest BCUT2D eigenvalue weighted by Gasteiger charge is 2.21. The van der Waals surface area contributed by atoms with E-state index < -0.39 is 0 Å². The van der Waals surface area contributed by atoms with Gasteiger partial charge in [-0.05, 0) is 30.9 Å². The van der Waals surface area contributed by atoms with E-state index in [0.29, 0.717) is 6.04 Å². The molecule has 0 radical (unpaired) electrons. The SMILES string of the molecule is c1ccc2c(c1)=N[C@H]1CCCCC=21. The predicted molar refractivity (Wildman–Crippen MR) is 52.9 cm³/mol. The summed E-state index contributed by atoms with van der Waals surface area (Å²) in [5, 5.41) is 2.65. The summed E-state index contributed by atoms with van der Waals surface area (Å²) in [5.74, 6) is 0. The number of para-hydroxylation sites is 1. The second kappa shape index (κ2) is 2.69. The Morgan fingerprint density at radius 1 is 1.15 bits per heavy atom. The van der Waals surface area contributed by atoms with Crippen LogP contribution in [0.3, 0.4) is 0 Å². The van der Waals surface area contributed by atoms with Gasteiger partial charge in [0.05, 0.1) is 11.4 Å². The van der Waals surface area contributed by atoms with Crippen molar-refractivity contribution >= 4 is 5.57 Å². The largest absolute Gasteiger partial charge is 0.277 e. The molecule has 3 rings (SSSR count). The summed E-state index contributed by atoms with van der Waals surface area (Å²) in [5.41, 5.74) is 1.60. The van der Waals surface area contributed by atoms with Crippen LogP contribution in [-0.2, 0) is 0 Å². The Labute approximate surface area is 77.8 Å². The smallest absolute Gasteiger partial charge is 0.0726 e. The Bertz CT molecular complexity index is 444. The Balaban J connectivity index is 2.29. The van der Waals surface area contributed by atoms with Crippen molar-refractivity contribution in [3.63, 3.8) is 0 Å². The Hall–Kier alpha value is -1.11. The van der Waals surface area contributed by atoms with E-state index >= 15 is 0 Å². The molecule has 0 aromatic heterocycles. The molecule has 1 heterocycles. The van der Waals surface area contributed by atoms with E-state index in [4.69, 9.17) is 4.99 Å². The molecule has 1 fully saturated rings. The lowest BCUT2D eigenvalue weighted by Crippen LogP contribution is -2.22. The van der Waals surface area contributed by atoms with E-state index in [9.17, 15) is 0 Å². The van der Waals surface area contributed by atoms with Crippen molar-refractivity contribution in [2.24, 2.45) is 4.99 Å². The molecule has 1 aromatic rings. The molecule has 66 valence electrons. The van der Waals surface area contributed by atoms with Crippen LogP contribution >= 0.6 is 0 Å². The molecule has 2 aliphatic rings. The van der Waals surface area contributed by atoms with Crippen molar-refractivity contribution in [2.45, 2.75) is 31.7 Å². The third-order valence-corrected chi connectivity index (χ3v) is 3.12. The first-order chi connectivity index (χ1) is 6.45. The zero-order valence-electron chi connectivity index (χ0n) is 7.66. The first kappa shape index (κ1) is 7.31. The first-order valence-electron chi connectivity index (χ1n) is 5.11. The number of fused-ring (bicyclic) bond motifs is 2. The molecule has 0 unspecified atom stereocenters. The first-order valence-corrected chi connectivity index (χ1v) is 5.11. The third-order valence-electron chi connectivity index (χ3n) is 3.12. The van der Waals surface area contributed by atoms with Gasteiger partial charge in [-0.3, -0.25) is 4.99 Å². The summed E-state index contributed by atoms with van der Waals surface area (Å²) < 4.78 is 0. The van der Waals surface area contributed by atoms with Crippen LogP contribution in [-0.4, -0.2) is 6.04 Å². The summed E-state index contributed by atoms with van der Waals surface area (Å²) in [6.45, 7) is 0. The lowest BCUT2D eigenvalue weighted by atomic mass is 9.90. The lowest BCUT2D eigenvalue weighted by molar-refractivity contribution is 0.587. The fourth-order valence-electron chi connectivity index (χ4n) is 2.48. The van der Waals surface area contributed by atoms with Gasteiger partial charge in [-0.15, -0.1) is 0 Å². The van der Waals surface area contributed by atoms with Gasteiger partial charge in [0, 0.05) is 5.22 Å². The fourth-order valence-corrected chi connectivity index (χ4v) is 2.48. The number of benzene rings is 1. The quantitative estimate of drug-likeness (QED) is 0.559. The van der Waals surface area contributed by atoms with E-state index in [-0.39, 0.29) is 0 Å². The summed E-state index contributed by atoms with van der Waals surface area (Å²) in [7, 11) is 0. The van der Waals surface area contributed by atoms with Crippen molar-refractivity contribution in [3.05, 3.63) is 34.8 Å². The monoisotopic (exact) mass is 171 g/mol. The third kappa shape index (κ3) is 1.03. The number of hydrogen-bond acceptors (Lipinski definition) is 1. The van der Waals surface area contributed by atoms with Crippen LogP contribution in [0.4, 0.5) is 0 Å². The molecule has 0 amide bonds. The van der Waals surface area contributed by atoms with Gasteiger partial charge in [-0.25, -0.2) is 0 Å². The number of hydrogen-bond donors (Lipinski definition) is 0. The topological polar surface area (TPSA) is 12.4 Å². The Morgan fingerprint density at radius 2 is 2.08 bits per heavy atom. The fraction of sp³-hybridized carbons (Fsp3) is 0.417. The maximum atomic E-state index is 4.74. The highest BCUT2D eigenvalue weighted by atomic mass is 14.8. The molecule has 0 saturated heterocycles. The average molecular weight is 171 g/mol. The van der Waals surface area contributed by atoms with Crippen LogP contribution in [0.1, 0.15) is 25.7 Å². The van der Waals surface area contributed by atoms with Gasteiger partial charge in [0.2, 0.25) is 0 Å². The molecule has 1 nitrogen and oxygen atoms in total. The molecule has 0 bridgehead atoms. The number of nitrogens with zero attached hydrogens (tertiary/aromatic N) is 1. The molecule has 0 N–H and O–H groups in total. The van der Waals surface area contributed by atoms with E-state index in [1.807, 2.05) is 0 Å². The van der Waals surface area contributed by atoms with E-state index in [2.05, 4.69) is 24.3 Å². The van der Waals surface area contributed by atoms with Crippen molar-refractivity contribution in [3.8, 4) is 0 Å². The van der Waals surface area contributed by atoms with E-state index in [0.717, 1.165) is 0 Å². The molecule has 13 heavy (non-hydrogen) atoms. The van der Waals surface area contributed by atoms with Crippen molar-refractivity contribution in [1.82, 2.24) is 0 Å². The molecule has 1 atom stereocenters. The summed E-state index contributed by atoms with van der Waals surface area (Å²) in [4.78, 5) is 4.74. The molecule has 1 aromatic carbocycles. The molecule has 0 spiro atoms. The van der Waals surface area contributed by atoms with Gasteiger partial charge in [-0.2, -0.15) is 0 Å². The van der Waals surface area contributed by atoms with Gasteiger partial charge < -0.3 is 0 Å².